The van der Waals surface area contributed by atoms with Crippen LogP contribution in [0, 0.1) is 0 Å². The molecule has 5 nitrogen and oxygen atoms in total. The molecule has 1 aromatic rings. The summed E-state index contributed by atoms with van der Waals surface area (Å²) in [7, 11) is 3.02. The second-order valence-electron chi connectivity index (χ2n) is 2.98. The number of methoxy groups -OCH3 is 1. The van der Waals surface area contributed by atoms with Crippen molar-refractivity contribution in [3.63, 3.8) is 0 Å². The van der Waals surface area contributed by atoms with Gasteiger partial charge in [0.05, 0.1) is 12.7 Å². The molecule has 16 heavy (non-hydrogen) atoms. The Hall–Kier alpha value is -2.04. The Morgan fingerprint density at radius 1 is 1.25 bits per heavy atom. The Morgan fingerprint density at radius 3 is 2.38 bits per heavy atom. The average molecular weight is 223 g/mol. The van der Waals surface area contributed by atoms with Crippen LogP contribution in [0.1, 0.15) is 10.4 Å². The molecule has 0 fully saturated rings. The van der Waals surface area contributed by atoms with Crippen LogP contribution in [0.4, 0.5) is 0 Å². The molecule has 0 heterocycles. The van der Waals surface area contributed by atoms with Gasteiger partial charge in [-0.3, -0.25) is 4.79 Å². The highest BCUT2D eigenvalue weighted by Gasteiger charge is 2.08. The van der Waals surface area contributed by atoms with Gasteiger partial charge >= 0.3 is 5.97 Å². The Bertz CT molecular complexity index is 372. The molecule has 0 radical (unpaired) electrons. The van der Waals surface area contributed by atoms with Gasteiger partial charge in [0.25, 0.3) is 5.91 Å². The SMILES string of the molecule is CNC(=O)COC(=O)c1ccc(OC)cc1. The number of ether oxygens (including phenoxy) is 2. The summed E-state index contributed by atoms with van der Waals surface area (Å²) in [6.07, 6.45) is 0. The highest BCUT2D eigenvalue weighted by atomic mass is 16.5. The van der Waals surface area contributed by atoms with Gasteiger partial charge in [0.2, 0.25) is 0 Å². The highest BCUT2D eigenvalue weighted by molar-refractivity contribution is 5.91. The molecule has 0 spiro atoms. The molecule has 0 bridgehead atoms. The first-order valence-electron chi connectivity index (χ1n) is 4.69. The summed E-state index contributed by atoms with van der Waals surface area (Å²) in [4.78, 5) is 22.3. The zero-order valence-electron chi connectivity index (χ0n) is 9.15. The molecule has 0 unspecified atom stereocenters. The second-order valence-corrected chi connectivity index (χ2v) is 2.98. The third-order valence-electron chi connectivity index (χ3n) is 1.94. The van der Waals surface area contributed by atoms with Crippen molar-refractivity contribution in [1.29, 1.82) is 0 Å². The summed E-state index contributed by atoms with van der Waals surface area (Å²) >= 11 is 0. The van der Waals surface area contributed by atoms with Crippen LogP contribution in [0.2, 0.25) is 0 Å². The van der Waals surface area contributed by atoms with E-state index in [-0.39, 0.29) is 12.5 Å². The van der Waals surface area contributed by atoms with Crippen LogP contribution in [0.15, 0.2) is 24.3 Å². The van der Waals surface area contributed by atoms with Gasteiger partial charge in [-0.25, -0.2) is 4.79 Å². The summed E-state index contributed by atoms with van der Waals surface area (Å²) in [5.41, 5.74) is 0.379. The third-order valence-corrected chi connectivity index (χ3v) is 1.94. The van der Waals surface area contributed by atoms with Crippen LogP contribution in [-0.2, 0) is 9.53 Å². The van der Waals surface area contributed by atoms with Crippen LogP contribution in [0.5, 0.6) is 5.75 Å². The number of benzene rings is 1. The molecule has 5 heteroatoms. The average Bonchev–Trinajstić information content (AvgIpc) is 2.35. The Balaban J connectivity index is 2.56. The predicted octanol–water partition coefficient (Wildman–Crippen LogP) is 0.598. The van der Waals surface area contributed by atoms with E-state index in [1.54, 1.807) is 31.4 Å². The Labute approximate surface area is 93.4 Å². The first-order chi connectivity index (χ1) is 7.67. The minimum Gasteiger partial charge on any atom is -0.497 e. The second kappa shape index (κ2) is 5.75. The quantitative estimate of drug-likeness (QED) is 0.759. The van der Waals surface area contributed by atoms with Gasteiger partial charge in [-0.15, -0.1) is 0 Å². The van der Waals surface area contributed by atoms with Gasteiger partial charge in [-0.1, -0.05) is 0 Å². The Kier molecular flexibility index (Phi) is 4.32. The van der Waals surface area contributed by atoms with E-state index in [0.29, 0.717) is 11.3 Å². The van der Waals surface area contributed by atoms with Gasteiger partial charge in [-0.2, -0.15) is 0 Å². The highest BCUT2D eigenvalue weighted by Crippen LogP contribution is 2.11. The van der Waals surface area contributed by atoms with E-state index in [2.05, 4.69) is 5.32 Å². The van der Waals surface area contributed by atoms with Gasteiger partial charge in [0, 0.05) is 7.05 Å². The molecule has 1 aromatic carbocycles. The molecule has 0 aromatic heterocycles. The first kappa shape index (κ1) is 12.0. The van der Waals surface area contributed by atoms with Crippen molar-refractivity contribution < 1.29 is 19.1 Å². The lowest BCUT2D eigenvalue weighted by molar-refractivity contribution is -0.123. The molecule has 1 N–H and O–H groups in total. The lowest BCUT2D eigenvalue weighted by Crippen LogP contribution is -2.25. The van der Waals surface area contributed by atoms with E-state index in [9.17, 15) is 9.59 Å². The molecular weight excluding hydrogens is 210 g/mol. The molecule has 0 saturated carbocycles. The minimum absolute atomic E-state index is 0.276. The fourth-order valence-electron chi connectivity index (χ4n) is 1.01. The normalized spacial score (nSPS) is 9.38. The maximum atomic E-state index is 11.4. The van der Waals surface area contributed by atoms with E-state index >= 15 is 0 Å². The minimum atomic E-state index is -0.536. The van der Waals surface area contributed by atoms with Crippen LogP contribution in [-0.4, -0.2) is 32.6 Å². The van der Waals surface area contributed by atoms with E-state index in [0.717, 1.165) is 0 Å². The number of esters is 1. The number of carbonyl (C=O) groups excluding carboxylic acids is 2. The largest absolute Gasteiger partial charge is 0.497 e. The summed E-state index contributed by atoms with van der Waals surface area (Å²) in [5.74, 6) is -0.226. The zero-order valence-corrected chi connectivity index (χ0v) is 9.15. The molecule has 1 rings (SSSR count). The van der Waals surface area contributed by atoms with E-state index in [1.165, 1.54) is 7.05 Å². The summed E-state index contributed by atoms with van der Waals surface area (Å²) in [6, 6.07) is 6.45. The molecule has 86 valence electrons. The number of likely N-dealkylation sites (N-methyl/N-ethyl adjacent to an activating group) is 1. The van der Waals surface area contributed by atoms with Gasteiger partial charge in [0.15, 0.2) is 6.61 Å². The van der Waals surface area contributed by atoms with Gasteiger partial charge < -0.3 is 14.8 Å². The van der Waals surface area contributed by atoms with Crippen molar-refractivity contribution in [2.24, 2.45) is 0 Å². The predicted molar refractivity (Wildman–Crippen MR) is 57.3 cm³/mol. The number of carbonyl (C=O) groups is 2. The van der Waals surface area contributed by atoms with Crippen molar-refractivity contribution >= 4 is 11.9 Å². The van der Waals surface area contributed by atoms with Crippen molar-refractivity contribution in [3.8, 4) is 5.75 Å². The lowest BCUT2D eigenvalue weighted by Gasteiger charge is -2.04. The number of nitrogens with one attached hydrogen (secondary N) is 1. The molecule has 0 aliphatic heterocycles. The molecule has 0 atom stereocenters. The number of hydrogen-bond donors (Lipinski definition) is 1. The van der Waals surface area contributed by atoms with Gasteiger partial charge in [-0.05, 0) is 24.3 Å². The maximum absolute atomic E-state index is 11.4. The van der Waals surface area contributed by atoms with Crippen LogP contribution in [0.25, 0.3) is 0 Å². The zero-order chi connectivity index (χ0) is 12.0. The summed E-state index contributed by atoms with van der Waals surface area (Å²) in [5, 5.41) is 2.35. The summed E-state index contributed by atoms with van der Waals surface area (Å²) < 4.78 is 9.71. The first-order valence-corrected chi connectivity index (χ1v) is 4.69. The topological polar surface area (TPSA) is 64.6 Å². The van der Waals surface area contributed by atoms with Crippen molar-refractivity contribution in [2.75, 3.05) is 20.8 Å². The van der Waals surface area contributed by atoms with E-state index in [4.69, 9.17) is 9.47 Å². The third kappa shape index (κ3) is 3.27. The summed E-state index contributed by atoms with van der Waals surface area (Å²) in [6.45, 7) is -0.276. The van der Waals surface area contributed by atoms with Crippen molar-refractivity contribution in [3.05, 3.63) is 29.8 Å². The van der Waals surface area contributed by atoms with Crippen LogP contribution >= 0.6 is 0 Å². The van der Waals surface area contributed by atoms with E-state index in [1.807, 2.05) is 0 Å². The smallest absolute Gasteiger partial charge is 0.338 e. The number of hydrogen-bond acceptors (Lipinski definition) is 4. The maximum Gasteiger partial charge on any atom is 0.338 e. The van der Waals surface area contributed by atoms with Gasteiger partial charge in [0.1, 0.15) is 5.75 Å². The van der Waals surface area contributed by atoms with E-state index < -0.39 is 5.97 Å². The lowest BCUT2D eigenvalue weighted by atomic mass is 10.2. The monoisotopic (exact) mass is 223 g/mol. The standard InChI is InChI=1S/C11H13NO4/c1-12-10(13)7-16-11(14)8-3-5-9(15-2)6-4-8/h3-6H,7H2,1-2H3,(H,12,13). The van der Waals surface area contributed by atoms with Crippen LogP contribution < -0.4 is 10.1 Å². The number of amides is 1. The molecule has 1 amide bonds. The van der Waals surface area contributed by atoms with Crippen molar-refractivity contribution in [2.45, 2.75) is 0 Å². The molecular formula is C11H13NO4. The fourth-order valence-corrected chi connectivity index (χ4v) is 1.01. The molecule has 0 saturated heterocycles. The van der Waals surface area contributed by atoms with Crippen LogP contribution in [0.3, 0.4) is 0 Å². The molecule has 0 aliphatic rings. The fraction of sp³-hybridized carbons (Fsp3) is 0.273. The molecule has 0 aliphatic carbocycles. The Morgan fingerprint density at radius 2 is 1.88 bits per heavy atom. The van der Waals surface area contributed by atoms with Crippen molar-refractivity contribution in [1.82, 2.24) is 5.32 Å². The number of rotatable bonds is 4.